The normalized spacial score (nSPS) is 13.1. The fourth-order valence-electron chi connectivity index (χ4n) is 3.68. The first-order valence-corrected chi connectivity index (χ1v) is 13.7. The van der Waals surface area contributed by atoms with Gasteiger partial charge in [-0.1, -0.05) is 61.0 Å². The first-order valence-electron chi connectivity index (χ1n) is 13.7. The molecule has 2 atom stereocenters. The van der Waals surface area contributed by atoms with E-state index >= 15 is 0 Å². The molecular formula is C30H47NO9. The van der Waals surface area contributed by atoms with E-state index in [-0.39, 0.29) is 60.8 Å². The Balaban J connectivity index is 3.00. The lowest BCUT2D eigenvalue weighted by Gasteiger charge is -2.20. The van der Waals surface area contributed by atoms with E-state index in [4.69, 9.17) is 23.7 Å². The van der Waals surface area contributed by atoms with E-state index in [1.807, 2.05) is 48.5 Å². The third kappa shape index (κ3) is 14.9. The van der Waals surface area contributed by atoms with Gasteiger partial charge in [-0.2, -0.15) is 0 Å². The molecule has 1 rings (SSSR count). The summed E-state index contributed by atoms with van der Waals surface area (Å²) < 4.78 is 26.3. The molecule has 40 heavy (non-hydrogen) atoms. The summed E-state index contributed by atoms with van der Waals surface area (Å²) in [6, 6.07) is 4.01. The van der Waals surface area contributed by atoms with Gasteiger partial charge in [0.2, 0.25) is 0 Å². The Morgan fingerprint density at radius 3 is 2.00 bits per heavy atom. The fraction of sp³-hybridized carbons (Fsp3) is 0.667. The van der Waals surface area contributed by atoms with Crippen LogP contribution in [0.4, 0.5) is 4.79 Å². The van der Waals surface area contributed by atoms with E-state index in [0.29, 0.717) is 5.56 Å². The number of benzene rings is 1. The van der Waals surface area contributed by atoms with Crippen molar-refractivity contribution in [1.29, 1.82) is 0 Å². The number of nitrogens with one attached hydrogen (secondary N) is 1. The van der Waals surface area contributed by atoms with Gasteiger partial charge in [-0.05, 0) is 48.3 Å². The van der Waals surface area contributed by atoms with Crippen LogP contribution in [0.15, 0.2) is 18.2 Å². The Morgan fingerprint density at radius 2 is 1.48 bits per heavy atom. The lowest BCUT2D eigenvalue weighted by molar-refractivity contribution is -0.143. The molecule has 1 N–H and O–H groups in total. The standard InChI is InChI=1S/C30H47NO9/c1-10-11-20(2)38-28(35)37-15-14-31-22(27(34)36-9)16-21-12-13-23(39-25(32)18-29(3,4)5)24(17-21)40-26(33)19-30(6,7)8/h12-13,17,20,22,31H,10-11,14-16,18-19H2,1-9H3/t20?,22-/m0/s1. The summed E-state index contributed by atoms with van der Waals surface area (Å²) >= 11 is 0. The number of hydrogen-bond acceptors (Lipinski definition) is 10. The molecule has 1 unspecified atom stereocenters. The molecule has 0 fully saturated rings. The Bertz CT molecular complexity index is 992. The van der Waals surface area contributed by atoms with Crippen molar-refractivity contribution in [2.24, 2.45) is 10.8 Å². The summed E-state index contributed by atoms with van der Waals surface area (Å²) in [6.07, 6.45) is 1.11. The van der Waals surface area contributed by atoms with Crippen molar-refractivity contribution in [2.75, 3.05) is 20.3 Å². The van der Waals surface area contributed by atoms with Crippen LogP contribution >= 0.6 is 0 Å². The molecule has 0 bridgehead atoms. The average molecular weight is 566 g/mol. The minimum Gasteiger partial charge on any atom is -0.468 e. The monoisotopic (exact) mass is 565 g/mol. The van der Waals surface area contributed by atoms with Crippen molar-refractivity contribution >= 4 is 24.1 Å². The van der Waals surface area contributed by atoms with Gasteiger partial charge in [0.1, 0.15) is 18.8 Å². The quantitative estimate of drug-likeness (QED) is 0.178. The van der Waals surface area contributed by atoms with Gasteiger partial charge in [0.05, 0.1) is 20.0 Å². The molecule has 0 heterocycles. The minimum absolute atomic E-state index is 0.0104. The minimum atomic E-state index is -0.781. The van der Waals surface area contributed by atoms with Crippen LogP contribution in [0.25, 0.3) is 0 Å². The molecule has 1 aromatic rings. The van der Waals surface area contributed by atoms with Crippen LogP contribution in [0.3, 0.4) is 0 Å². The lowest BCUT2D eigenvalue weighted by Crippen LogP contribution is -2.41. The summed E-state index contributed by atoms with van der Waals surface area (Å²) in [4.78, 5) is 49.4. The molecule has 226 valence electrons. The predicted octanol–water partition coefficient (Wildman–Crippen LogP) is 5.39. The highest BCUT2D eigenvalue weighted by Crippen LogP contribution is 2.32. The highest BCUT2D eigenvalue weighted by molar-refractivity contribution is 5.78. The second kappa shape index (κ2) is 16.2. The first-order chi connectivity index (χ1) is 18.5. The highest BCUT2D eigenvalue weighted by Gasteiger charge is 2.24. The fourth-order valence-corrected chi connectivity index (χ4v) is 3.68. The lowest BCUT2D eigenvalue weighted by atomic mass is 9.92. The van der Waals surface area contributed by atoms with Crippen LogP contribution in [0, 0.1) is 10.8 Å². The zero-order valence-corrected chi connectivity index (χ0v) is 25.5. The second-order valence-corrected chi connectivity index (χ2v) is 12.3. The number of rotatable bonds is 14. The number of methoxy groups -OCH3 is 1. The van der Waals surface area contributed by atoms with E-state index < -0.39 is 30.1 Å². The van der Waals surface area contributed by atoms with E-state index in [1.165, 1.54) is 7.11 Å². The number of esters is 3. The summed E-state index contributed by atoms with van der Waals surface area (Å²) in [5.74, 6) is -1.24. The molecule has 0 aromatic heterocycles. The molecule has 0 amide bonds. The Labute approximate surface area is 238 Å². The number of ether oxygens (including phenoxy) is 5. The van der Waals surface area contributed by atoms with Crippen LogP contribution in [0.2, 0.25) is 0 Å². The van der Waals surface area contributed by atoms with Crippen molar-refractivity contribution in [3.63, 3.8) is 0 Å². The SMILES string of the molecule is CCCC(C)OC(=O)OCCN[C@@H](Cc1ccc(OC(=O)CC(C)(C)C)c(OC(=O)CC(C)(C)C)c1)C(=O)OC. The highest BCUT2D eigenvalue weighted by atomic mass is 16.7. The largest absolute Gasteiger partial charge is 0.508 e. The molecule has 10 nitrogen and oxygen atoms in total. The molecule has 0 radical (unpaired) electrons. The number of hydrogen-bond donors (Lipinski definition) is 1. The zero-order valence-electron chi connectivity index (χ0n) is 25.5. The van der Waals surface area contributed by atoms with Gasteiger partial charge in [0.15, 0.2) is 11.5 Å². The van der Waals surface area contributed by atoms with Gasteiger partial charge in [-0.3, -0.25) is 14.4 Å². The van der Waals surface area contributed by atoms with E-state index in [2.05, 4.69) is 5.32 Å². The molecule has 0 saturated carbocycles. The van der Waals surface area contributed by atoms with Gasteiger partial charge in [0, 0.05) is 6.54 Å². The summed E-state index contributed by atoms with van der Waals surface area (Å²) in [6.45, 7) is 15.4. The van der Waals surface area contributed by atoms with Crippen molar-refractivity contribution in [1.82, 2.24) is 5.32 Å². The summed E-state index contributed by atoms with van der Waals surface area (Å²) in [5, 5.41) is 3.02. The molecule has 10 heteroatoms. The van der Waals surface area contributed by atoms with Crippen molar-refractivity contribution in [2.45, 2.75) is 99.6 Å². The first kappa shape index (κ1) is 34.9. The molecule has 0 spiro atoms. The van der Waals surface area contributed by atoms with Crippen LogP contribution < -0.4 is 14.8 Å². The van der Waals surface area contributed by atoms with Gasteiger partial charge < -0.3 is 29.0 Å². The maximum atomic E-state index is 12.6. The van der Waals surface area contributed by atoms with Gasteiger partial charge in [-0.15, -0.1) is 0 Å². The van der Waals surface area contributed by atoms with Gasteiger partial charge in [-0.25, -0.2) is 4.79 Å². The second-order valence-electron chi connectivity index (χ2n) is 12.3. The van der Waals surface area contributed by atoms with Crippen molar-refractivity contribution in [3.8, 4) is 11.5 Å². The molecule has 0 aliphatic heterocycles. The van der Waals surface area contributed by atoms with Crippen molar-refractivity contribution < 1.29 is 42.9 Å². The topological polar surface area (TPSA) is 126 Å². The smallest absolute Gasteiger partial charge is 0.468 e. The van der Waals surface area contributed by atoms with Crippen LogP contribution in [0.1, 0.15) is 86.6 Å². The summed E-state index contributed by atoms with van der Waals surface area (Å²) in [7, 11) is 1.28. The van der Waals surface area contributed by atoms with Crippen LogP contribution in [-0.4, -0.2) is 56.5 Å². The van der Waals surface area contributed by atoms with Crippen LogP contribution in [0.5, 0.6) is 11.5 Å². The van der Waals surface area contributed by atoms with E-state index in [9.17, 15) is 19.2 Å². The van der Waals surface area contributed by atoms with Gasteiger partial charge >= 0.3 is 24.1 Å². The Kier molecular flexibility index (Phi) is 14.1. The Hall–Kier alpha value is -3.14. The van der Waals surface area contributed by atoms with E-state index in [0.717, 1.165) is 12.8 Å². The third-order valence-corrected chi connectivity index (χ3v) is 5.44. The maximum absolute atomic E-state index is 12.6. The third-order valence-electron chi connectivity index (χ3n) is 5.44. The van der Waals surface area contributed by atoms with E-state index in [1.54, 1.807) is 25.1 Å². The molecular weight excluding hydrogens is 518 g/mol. The zero-order chi connectivity index (χ0) is 30.5. The number of carbonyl (C=O) groups is 4. The maximum Gasteiger partial charge on any atom is 0.508 e. The molecule has 0 saturated heterocycles. The van der Waals surface area contributed by atoms with Crippen LogP contribution in [-0.2, 0) is 35.0 Å². The van der Waals surface area contributed by atoms with Crippen molar-refractivity contribution in [3.05, 3.63) is 23.8 Å². The number of carbonyl (C=O) groups excluding carboxylic acids is 4. The summed E-state index contributed by atoms with van der Waals surface area (Å²) in [5.41, 5.74) is 0.0410. The molecule has 1 aromatic carbocycles. The van der Waals surface area contributed by atoms with Gasteiger partial charge in [0.25, 0.3) is 0 Å². The molecule has 0 aliphatic carbocycles. The Morgan fingerprint density at radius 1 is 0.900 bits per heavy atom. The molecule has 0 aliphatic rings. The average Bonchev–Trinajstić information content (AvgIpc) is 2.79. The predicted molar refractivity (Wildman–Crippen MR) is 150 cm³/mol.